The third kappa shape index (κ3) is 4.88. The molecule has 7 heteroatoms. The normalized spacial score (nSPS) is 23.5. The zero-order chi connectivity index (χ0) is 17.6. The van der Waals surface area contributed by atoms with E-state index in [0.29, 0.717) is 12.5 Å². The Hall–Kier alpha value is -1.34. The molecule has 1 aromatic rings. The van der Waals surface area contributed by atoms with Crippen LogP contribution in [0.2, 0.25) is 0 Å². The van der Waals surface area contributed by atoms with Crippen molar-refractivity contribution < 1.29 is 9.53 Å². The molecule has 1 aromatic carbocycles. The molecule has 0 spiro atoms. The number of ether oxygens (including phenoxy) is 1. The minimum atomic E-state index is -0.0567. The molecular weight excluding hydrogens is 352 g/mol. The summed E-state index contributed by atoms with van der Waals surface area (Å²) in [6.07, 6.45) is 2.19. The van der Waals surface area contributed by atoms with Gasteiger partial charge in [-0.3, -0.25) is 10.2 Å². The van der Waals surface area contributed by atoms with Crippen LogP contribution in [-0.4, -0.2) is 50.6 Å². The summed E-state index contributed by atoms with van der Waals surface area (Å²) in [5, 5.41) is 3.42. The second-order valence-electron chi connectivity index (χ2n) is 6.96. The van der Waals surface area contributed by atoms with Crippen LogP contribution in [0.5, 0.6) is 5.75 Å². The van der Waals surface area contributed by atoms with Crippen molar-refractivity contribution in [3.63, 3.8) is 0 Å². The van der Waals surface area contributed by atoms with Gasteiger partial charge in [0.05, 0.1) is 19.1 Å². The first-order valence-corrected chi connectivity index (χ1v) is 9.34. The summed E-state index contributed by atoms with van der Waals surface area (Å²) in [7, 11) is 1.66. The molecule has 0 saturated carbocycles. The highest BCUT2D eigenvalue weighted by molar-refractivity contribution is 5.85. The van der Waals surface area contributed by atoms with Crippen molar-refractivity contribution >= 4 is 18.3 Å². The van der Waals surface area contributed by atoms with Crippen LogP contribution >= 0.6 is 12.4 Å². The molecule has 0 bridgehead atoms. The molecule has 2 saturated heterocycles. The van der Waals surface area contributed by atoms with Crippen molar-refractivity contribution in [1.82, 2.24) is 21.1 Å². The second-order valence-corrected chi connectivity index (χ2v) is 6.96. The maximum absolute atomic E-state index is 13.0. The lowest BCUT2D eigenvalue weighted by Gasteiger charge is -2.34. The number of hydrogen-bond donors (Lipinski definition) is 3. The number of hydrazine groups is 1. The predicted molar refractivity (Wildman–Crippen MR) is 105 cm³/mol. The van der Waals surface area contributed by atoms with Gasteiger partial charge in [-0.25, -0.2) is 5.43 Å². The molecule has 1 amide bonds. The smallest absolute Gasteiger partial charge is 0.229 e. The summed E-state index contributed by atoms with van der Waals surface area (Å²) < 4.78 is 5.22. The van der Waals surface area contributed by atoms with Gasteiger partial charge in [0.15, 0.2) is 0 Å². The monoisotopic (exact) mass is 382 g/mol. The van der Waals surface area contributed by atoms with E-state index >= 15 is 0 Å². The third-order valence-electron chi connectivity index (χ3n) is 5.38. The molecule has 2 atom stereocenters. The number of halogens is 1. The number of carbonyl (C=O) groups excluding carboxylic acids is 1. The van der Waals surface area contributed by atoms with E-state index in [1.807, 2.05) is 24.3 Å². The molecule has 3 rings (SSSR count). The van der Waals surface area contributed by atoms with Gasteiger partial charge in [-0.05, 0) is 49.5 Å². The van der Waals surface area contributed by atoms with E-state index in [9.17, 15) is 4.79 Å². The quantitative estimate of drug-likeness (QED) is 0.699. The average Bonchev–Trinajstić information content (AvgIpc) is 3.16. The number of piperidine rings is 1. The Labute approximate surface area is 162 Å². The van der Waals surface area contributed by atoms with Crippen LogP contribution < -0.4 is 20.9 Å². The molecule has 2 fully saturated rings. The van der Waals surface area contributed by atoms with Crippen molar-refractivity contribution in [3.05, 3.63) is 29.8 Å². The van der Waals surface area contributed by atoms with Gasteiger partial charge >= 0.3 is 0 Å². The highest BCUT2D eigenvalue weighted by Gasteiger charge is 2.37. The minimum Gasteiger partial charge on any atom is -0.497 e. The zero-order valence-corrected chi connectivity index (χ0v) is 16.5. The number of amides is 1. The first kappa shape index (κ1) is 21.0. The van der Waals surface area contributed by atoms with E-state index in [-0.39, 0.29) is 30.3 Å². The first-order chi connectivity index (χ1) is 12.2. The van der Waals surface area contributed by atoms with Crippen molar-refractivity contribution in [3.8, 4) is 5.75 Å². The number of methoxy groups -OCH3 is 1. The molecule has 146 valence electrons. The molecule has 0 radical (unpaired) electrons. The van der Waals surface area contributed by atoms with E-state index in [4.69, 9.17) is 4.74 Å². The van der Waals surface area contributed by atoms with Gasteiger partial charge in [0.1, 0.15) is 5.75 Å². The highest BCUT2D eigenvalue weighted by Crippen LogP contribution is 2.29. The Balaban J connectivity index is 0.00000243. The Kier molecular flexibility index (Phi) is 8.15. The minimum absolute atomic E-state index is 0. The molecule has 26 heavy (non-hydrogen) atoms. The van der Waals surface area contributed by atoms with Crippen molar-refractivity contribution in [2.75, 3.05) is 39.8 Å². The Bertz CT molecular complexity index is 561. The van der Waals surface area contributed by atoms with Crippen LogP contribution in [0.4, 0.5) is 0 Å². The van der Waals surface area contributed by atoms with Crippen molar-refractivity contribution in [2.24, 2.45) is 11.8 Å². The maximum atomic E-state index is 13.0. The van der Waals surface area contributed by atoms with Crippen LogP contribution in [0.25, 0.3) is 0 Å². The van der Waals surface area contributed by atoms with Gasteiger partial charge in [0.25, 0.3) is 0 Å². The maximum Gasteiger partial charge on any atom is 0.229 e. The van der Waals surface area contributed by atoms with Gasteiger partial charge in [0.2, 0.25) is 5.91 Å². The molecule has 2 aliphatic rings. The summed E-state index contributed by atoms with van der Waals surface area (Å²) in [6.45, 7) is 6.65. The lowest BCUT2D eigenvalue weighted by molar-refractivity contribution is -0.136. The highest BCUT2D eigenvalue weighted by atomic mass is 35.5. The summed E-state index contributed by atoms with van der Waals surface area (Å²) in [5.41, 5.74) is 7.55. The number of likely N-dealkylation sites (tertiary alicyclic amines) is 1. The summed E-state index contributed by atoms with van der Waals surface area (Å²) in [6, 6.07) is 7.98. The van der Waals surface area contributed by atoms with Crippen LogP contribution in [-0.2, 0) is 4.79 Å². The largest absolute Gasteiger partial charge is 0.497 e. The molecule has 0 aliphatic carbocycles. The topological polar surface area (TPSA) is 65.6 Å². The van der Waals surface area contributed by atoms with Gasteiger partial charge in [-0.1, -0.05) is 19.1 Å². The lowest BCUT2D eigenvalue weighted by Crippen LogP contribution is -2.45. The van der Waals surface area contributed by atoms with E-state index < -0.39 is 0 Å². The van der Waals surface area contributed by atoms with E-state index in [1.54, 1.807) is 7.11 Å². The standard InChI is InChI=1S/C19H30N4O2.ClH/c1-3-20-12-14-8-10-23(11-9-14)19(24)17-13-21-22-18(17)15-4-6-16(25-2)7-5-15;/h4-7,14,17-18,20-22H,3,8-13H2,1-2H3;1H. The number of rotatable bonds is 6. The fraction of sp³-hybridized carbons (Fsp3) is 0.632. The predicted octanol–water partition coefficient (Wildman–Crippen LogP) is 1.73. The van der Waals surface area contributed by atoms with Crippen molar-refractivity contribution in [1.29, 1.82) is 0 Å². The molecule has 2 aliphatic heterocycles. The molecule has 2 unspecified atom stereocenters. The summed E-state index contributed by atoms with van der Waals surface area (Å²) in [4.78, 5) is 15.1. The SMILES string of the molecule is CCNCC1CCN(C(=O)C2CNNC2c2ccc(OC)cc2)CC1.Cl. The number of benzene rings is 1. The van der Waals surface area contributed by atoms with Crippen LogP contribution in [0.1, 0.15) is 31.4 Å². The van der Waals surface area contributed by atoms with Crippen LogP contribution in [0.3, 0.4) is 0 Å². The first-order valence-electron chi connectivity index (χ1n) is 9.34. The molecule has 0 aromatic heterocycles. The van der Waals surface area contributed by atoms with Crippen molar-refractivity contribution in [2.45, 2.75) is 25.8 Å². The van der Waals surface area contributed by atoms with Crippen LogP contribution in [0.15, 0.2) is 24.3 Å². The fourth-order valence-corrected chi connectivity index (χ4v) is 3.79. The Morgan fingerprint density at radius 1 is 1.27 bits per heavy atom. The van der Waals surface area contributed by atoms with Crippen LogP contribution in [0, 0.1) is 11.8 Å². The van der Waals surface area contributed by atoms with E-state index in [1.165, 1.54) is 0 Å². The lowest BCUT2D eigenvalue weighted by atomic mass is 9.91. The fourth-order valence-electron chi connectivity index (χ4n) is 3.79. The zero-order valence-electron chi connectivity index (χ0n) is 15.7. The number of nitrogens with zero attached hydrogens (tertiary/aromatic N) is 1. The van der Waals surface area contributed by atoms with Gasteiger partial charge < -0.3 is 15.0 Å². The van der Waals surface area contributed by atoms with Gasteiger partial charge in [-0.2, -0.15) is 0 Å². The molecule has 6 nitrogen and oxygen atoms in total. The van der Waals surface area contributed by atoms with E-state index in [2.05, 4.69) is 28.0 Å². The number of carbonyl (C=O) groups is 1. The summed E-state index contributed by atoms with van der Waals surface area (Å²) in [5.74, 6) is 1.74. The molecular formula is C19H31ClN4O2. The number of hydrogen-bond acceptors (Lipinski definition) is 5. The van der Waals surface area contributed by atoms with Gasteiger partial charge in [-0.15, -0.1) is 12.4 Å². The molecule has 3 N–H and O–H groups in total. The Morgan fingerprint density at radius 2 is 1.96 bits per heavy atom. The van der Waals surface area contributed by atoms with Gasteiger partial charge in [0, 0.05) is 19.6 Å². The Morgan fingerprint density at radius 3 is 2.58 bits per heavy atom. The molecule has 2 heterocycles. The third-order valence-corrected chi connectivity index (χ3v) is 5.38. The average molecular weight is 383 g/mol. The number of nitrogens with one attached hydrogen (secondary N) is 3. The van der Waals surface area contributed by atoms with E-state index in [0.717, 1.165) is 50.3 Å². The second kappa shape index (κ2) is 10.1. The summed E-state index contributed by atoms with van der Waals surface area (Å²) >= 11 is 0.